The molecule has 0 aromatic rings. The summed E-state index contributed by atoms with van der Waals surface area (Å²) in [5, 5.41) is 2.86. The van der Waals surface area contributed by atoms with Crippen LogP contribution in [0, 0.1) is 0 Å². The van der Waals surface area contributed by atoms with Gasteiger partial charge in [0.25, 0.3) is 0 Å². The van der Waals surface area contributed by atoms with Gasteiger partial charge in [-0.3, -0.25) is 14.5 Å². The summed E-state index contributed by atoms with van der Waals surface area (Å²) in [6.45, 7) is 3.75. The van der Waals surface area contributed by atoms with Crippen LogP contribution < -0.4 is 5.32 Å². The highest BCUT2D eigenvalue weighted by atomic mass is 16.2. The SMILES string of the molecule is O=C1CN(C(=O)C2(N3CCCC3)CCCC2)CCCN1. The quantitative estimate of drug-likeness (QED) is 0.811. The Morgan fingerprint density at radius 2 is 1.70 bits per heavy atom. The van der Waals surface area contributed by atoms with Gasteiger partial charge in [-0.25, -0.2) is 0 Å². The van der Waals surface area contributed by atoms with E-state index >= 15 is 0 Å². The molecule has 5 heteroatoms. The lowest BCUT2D eigenvalue weighted by atomic mass is 9.93. The summed E-state index contributed by atoms with van der Waals surface area (Å²) >= 11 is 0. The Kier molecular flexibility index (Phi) is 3.96. The summed E-state index contributed by atoms with van der Waals surface area (Å²) in [5.41, 5.74) is -0.291. The summed E-state index contributed by atoms with van der Waals surface area (Å²) in [6.07, 6.45) is 7.51. The van der Waals surface area contributed by atoms with Gasteiger partial charge < -0.3 is 10.2 Å². The fourth-order valence-corrected chi connectivity index (χ4v) is 4.04. The normalized spacial score (nSPS) is 27.4. The molecule has 0 spiro atoms. The largest absolute Gasteiger partial charge is 0.354 e. The number of nitrogens with one attached hydrogen (secondary N) is 1. The number of carbonyl (C=O) groups excluding carboxylic acids is 2. The number of hydrogen-bond acceptors (Lipinski definition) is 3. The van der Waals surface area contributed by atoms with E-state index in [1.54, 1.807) is 0 Å². The molecule has 1 N–H and O–H groups in total. The number of carbonyl (C=O) groups is 2. The first-order valence-electron chi connectivity index (χ1n) is 8.03. The van der Waals surface area contributed by atoms with Gasteiger partial charge in [-0.05, 0) is 45.2 Å². The van der Waals surface area contributed by atoms with Crippen molar-refractivity contribution in [2.75, 3.05) is 32.7 Å². The lowest BCUT2D eigenvalue weighted by molar-refractivity contribution is -0.146. The van der Waals surface area contributed by atoms with Gasteiger partial charge in [-0.2, -0.15) is 0 Å². The Balaban J connectivity index is 1.79. The van der Waals surface area contributed by atoms with Crippen molar-refractivity contribution in [3.63, 3.8) is 0 Å². The number of amides is 2. The van der Waals surface area contributed by atoms with Crippen LogP contribution in [0.5, 0.6) is 0 Å². The van der Waals surface area contributed by atoms with Crippen LogP contribution in [0.1, 0.15) is 44.9 Å². The molecule has 0 aromatic carbocycles. The predicted molar refractivity (Wildman–Crippen MR) is 76.2 cm³/mol. The second kappa shape index (κ2) is 5.72. The number of hydrogen-bond donors (Lipinski definition) is 1. The van der Waals surface area contributed by atoms with Crippen molar-refractivity contribution in [1.29, 1.82) is 0 Å². The van der Waals surface area contributed by atoms with Gasteiger partial charge >= 0.3 is 0 Å². The van der Waals surface area contributed by atoms with E-state index in [0.29, 0.717) is 13.1 Å². The van der Waals surface area contributed by atoms with Crippen LogP contribution in [0.3, 0.4) is 0 Å². The third kappa shape index (κ3) is 2.43. The van der Waals surface area contributed by atoms with Gasteiger partial charge in [0.15, 0.2) is 0 Å². The molecule has 2 saturated heterocycles. The minimum atomic E-state index is -0.291. The van der Waals surface area contributed by atoms with Gasteiger partial charge in [0.05, 0.1) is 6.54 Å². The summed E-state index contributed by atoms with van der Waals surface area (Å²) in [5.74, 6) is 0.208. The van der Waals surface area contributed by atoms with E-state index < -0.39 is 0 Å². The molecule has 2 aliphatic heterocycles. The van der Waals surface area contributed by atoms with Crippen LogP contribution in [0.25, 0.3) is 0 Å². The lowest BCUT2D eigenvalue weighted by Gasteiger charge is -2.40. The average Bonchev–Trinajstić information content (AvgIpc) is 3.08. The van der Waals surface area contributed by atoms with E-state index in [9.17, 15) is 9.59 Å². The molecule has 5 nitrogen and oxygen atoms in total. The first-order chi connectivity index (χ1) is 9.72. The fourth-order valence-electron chi connectivity index (χ4n) is 4.04. The molecule has 2 amide bonds. The van der Waals surface area contributed by atoms with Crippen molar-refractivity contribution in [3.05, 3.63) is 0 Å². The Morgan fingerprint density at radius 3 is 2.40 bits per heavy atom. The molecule has 3 rings (SSSR count). The monoisotopic (exact) mass is 279 g/mol. The molecule has 112 valence electrons. The van der Waals surface area contributed by atoms with Crippen molar-refractivity contribution < 1.29 is 9.59 Å². The zero-order valence-electron chi connectivity index (χ0n) is 12.2. The summed E-state index contributed by atoms with van der Waals surface area (Å²) in [6, 6.07) is 0. The molecule has 0 aromatic heterocycles. The van der Waals surface area contributed by atoms with E-state index in [1.807, 2.05) is 4.90 Å². The van der Waals surface area contributed by atoms with Crippen LogP contribution in [-0.4, -0.2) is 59.9 Å². The molecule has 0 atom stereocenters. The Bertz CT molecular complexity index is 385. The van der Waals surface area contributed by atoms with Crippen LogP contribution in [0.4, 0.5) is 0 Å². The Morgan fingerprint density at radius 1 is 1.00 bits per heavy atom. The lowest BCUT2D eigenvalue weighted by Crippen LogP contribution is -2.58. The van der Waals surface area contributed by atoms with Gasteiger partial charge in [0, 0.05) is 13.1 Å². The van der Waals surface area contributed by atoms with Crippen molar-refractivity contribution >= 4 is 11.8 Å². The Hall–Kier alpha value is -1.10. The first-order valence-corrected chi connectivity index (χ1v) is 8.03. The minimum absolute atomic E-state index is 0.00887. The van der Waals surface area contributed by atoms with E-state index in [0.717, 1.165) is 45.2 Å². The van der Waals surface area contributed by atoms with Crippen LogP contribution in [-0.2, 0) is 9.59 Å². The third-order valence-corrected chi connectivity index (χ3v) is 5.09. The molecule has 1 aliphatic carbocycles. The molecule has 3 aliphatic rings. The van der Waals surface area contributed by atoms with Gasteiger partial charge in [0.1, 0.15) is 5.54 Å². The number of rotatable bonds is 2. The van der Waals surface area contributed by atoms with Crippen LogP contribution >= 0.6 is 0 Å². The van der Waals surface area contributed by atoms with E-state index in [2.05, 4.69) is 10.2 Å². The fraction of sp³-hybridized carbons (Fsp3) is 0.867. The molecule has 3 fully saturated rings. The van der Waals surface area contributed by atoms with Crippen molar-refractivity contribution in [1.82, 2.24) is 15.1 Å². The van der Waals surface area contributed by atoms with E-state index in [-0.39, 0.29) is 23.9 Å². The average molecular weight is 279 g/mol. The molecule has 0 bridgehead atoms. The maximum absolute atomic E-state index is 13.1. The third-order valence-electron chi connectivity index (χ3n) is 5.09. The zero-order chi connectivity index (χ0) is 14.0. The maximum atomic E-state index is 13.1. The second-order valence-corrected chi connectivity index (χ2v) is 6.36. The molecule has 2 heterocycles. The molecular formula is C15H25N3O2. The molecule has 0 radical (unpaired) electrons. The summed E-state index contributed by atoms with van der Waals surface area (Å²) < 4.78 is 0. The maximum Gasteiger partial charge on any atom is 0.243 e. The highest BCUT2D eigenvalue weighted by Gasteiger charge is 2.48. The van der Waals surface area contributed by atoms with Crippen molar-refractivity contribution in [2.24, 2.45) is 0 Å². The zero-order valence-corrected chi connectivity index (χ0v) is 12.2. The predicted octanol–water partition coefficient (Wildman–Crippen LogP) is 0.743. The highest BCUT2D eigenvalue weighted by Crippen LogP contribution is 2.39. The summed E-state index contributed by atoms with van der Waals surface area (Å²) in [4.78, 5) is 29.1. The van der Waals surface area contributed by atoms with Gasteiger partial charge in [-0.1, -0.05) is 12.8 Å². The Labute approximate surface area is 120 Å². The smallest absolute Gasteiger partial charge is 0.243 e. The highest BCUT2D eigenvalue weighted by molar-refractivity contribution is 5.91. The van der Waals surface area contributed by atoms with E-state index in [1.165, 1.54) is 12.8 Å². The topological polar surface area (TPSA) is 52.7 Å². The van der Waals surface area contributed by atoms with Gasteiger partial charge in [0.2, 0.25) is 11.8 Å². The summed E-state index contributed by atoms with van der Waals surface area (Å²) in [7, 11) is 0. The van der Waals surface area contributed by atoms with Crippen molar-refractivity contribution in [3.8, 4) is 0 Å². The van der Waals surface area contributed by atoms with Crippen molar-refractivity contribution in [2.45, 2.75) is 50.5 Å². The molecular weight excluding hydrogens is 254 g/mol. The van der Waals surface area contributed by atoms with E-state index in [4.69, 9.17) is 0 Å². The van der Waals surface area contributed by atoms with Crippen LogP contribution in [0.15, 0.2) is 0 Å². The van der Waals surface area contributed by atoms with Crippen LogP contribution in [0.2, 0.25) is 0 Å². The number of likely N-dealkylation sites (tertiary alicyclic amines) is 1. The second-order valence-electron chi connectivity index (χ2n) is 6.36. The standard InChI is InChI=1S/C15H25N3O2/c19-13-12-17(9-5-8-16-13)14(20)15(6-1-2-7-15)18-10-3-4-11-18/h1-12H2,(H,16,19). The molecule has 20 heavy (non-hydrogen) atoms. The minimum Gasteiger partial charge on any atom is -0.354 e. The van der Waals surface area contributed by atoms with Gasteiger partial charge in [-0.15, -0.1) is 0 Å². The molecule has 0 unspecified atom stereocenters. The first kappa shape index (κ1) is 13.9. The number of nitrogens with zero attached hydrogens (tertiary/aromatic N) is 2. The molecule has 1 saturated carbocycles.